The van der Waals surface area contributed by atoms with Crippen LogP contribution in [0, 0.1) is 9.49 Å². The number of hydrazone groups is 1. The van der Waals surface area contributed by atoms with E-state index in [4.69, 9.17) is 14.2 Å². The van der Waals surface area contributed by atoms with Crippen molar-refractivity contribution in [2.75, 3.05) is 14.2 Å². The number of carbonyl (C=O) groups is 2. The van der Waals surface area contributed by atoms with Crippen LogP contribution >= 0.6 is 22.6 Å². The van der Waals surface area contributed by atoms with Gasteiger partial charge in [-0.25, -0.2) is 5.43 Å². The number of amides is 2. The van der Waals surface area contributed by atoms with E-state index < -0.39 is 11.9 Å². The summed E-state index contributed by atoms with van der Waals surface area (Å²) < 4.78 is 17.2. The molecule has 0 bridgehead atoms. The number of ether oxygens (including phenoxy) is 3. The Kier molecular flexibility index (Phi) is 9.95. The molecule has 1 atom stereocenters. The number of hydrogen-bond acceptors (Lipinski definition) is 6. The molecule has 2 amide bonds. The summed E-state index contributed by atoms with van der Waals surface area (Å²) in [4.78, 5) is 25.3. The third-order valence-electron chi connectivity index (χ3n) is 4.58. The molecule has 0 aliphatic rings. The number of nitrogens with zero attached hydrogens (tertiary/aromatic N) is 1. The molecule has 9 heteroatoms. The normalized spacial score (nSPS) is 12.0. The van der Waals surface area contributed by atoms with Gasteiger partial charge in [-0.3, -0.25) is 9.59 Å². The number of carbonyl (C=O) groups excluding carboxylic acids is 2. The first kappa shape index (κ1) is 26.4. The van der Waals surface area contributed by atoms with E-state index in [0.717, 1.165) is 9.13 Å². The monoisotopic (exact) mass is 567 g/mol. The van der Waals surface area contributed by atoms with E-state index in [1.165, 1.54) is 6.21 Å². The third kappa shape index (κ3) is 7.62. The summed E-state index contributed by atoms with van der Waals surface area (Å²) in [5.41, 5.74) is 3.68. The maximum Gasteiger partial charge on any atom is 0.262 e. The highest BCUT2D eigenvalue weighted by Gasteiger charge is 2.24. The lowest BCUT2D eigenvalue weighted by Crippen LogP contribution is -2.48. The van der Waals surface area contributed by atoms with Crippen LogP contribution in [0.2, 0.25) is 0 Å². The molecule has 1 unspecified atom stereocenters. The molecule has 0 saturated carbocycles. The first-order valence-electron chi connectivity index (χ1n) is 10.5. The average Bonchev–Trinajstić information content (AvgIpc) is 2.78. The Morgan fingerprint density at radius 3 is 2.24 bits per heavy atom. The summed E-state index contributed by atoms with van der Waals surface area (Å²) in [5.74, 6) is 0.982. The zero-order valence-electron chi connectivity index (χ0n) is 19.6. The van der Waals surface area contributed by atoms with Crippen LogP contribution in [0.15, 0.2) is 41.5 Å². The van der Waals surface area contributed by atoms with Gasteiger partial charge in [0.1, 0.15) is 11.8 Å². The topological polar surface area (TPSA) is 98.2 Å². The van der Waals surface area contributed by atoms with Crippen LogP contribution < -0.4 is 25.0 Å². The highest BCUT2D eigenvalue weighted by molar-refractivity contribution is 14.1. The van der Waals surface area contributed by atoms with Gasteiger partial charge in [-0.1, -0.05) is 13.8 Å². The summed E-state index contributed by atoms with van der Waals surface area (Å²) in [7, 11) is 3.12. The fourth-order valence-electron chi connectivity index (χ4n) is 2.91. The Balaban J connectivity index is 2.08. The van der Waals surface area contributed by atoms with E-state index in [-0.39, 0.29) is 17.9 Å². The Labute approximate surface area is 208 Å². The van der Waals surface area contributed by atoms with Crippen molar-refractivity contribution in [3.8, 4) is 17.2 Å². The number of hydrogen-bond donors (Lipinski definition) is 2. The van der Waals surface area contributed by atoms with Crippen molar-refractivity contribution in [3.05, 3.63) is 51.1 Å². The van der Waals surface area contributed by atoms with Crippen LogP contribution in [0.5, 0.6) is 17.2 Å². The zero-order valence-corrected chi connectivity index (χ0v) is 21.8. The number of halogens is 1. The lowest BCUT2D eigenvalue weighted by atomic mass is 10.0. The van der Waals surface area contributed by atoms with Gasteiger partial charge < -0.3 is 19.5 Å². The summed E-state index contributed by atoms with van der Waals surface area (Å²) in [6.45, 7) is 7.59. The molecule has 33 heavy (non-hydrogen) atoms. The highest BCUT2D eigenvalue weighted by Crippen LogP contribution is 2.34. The van der Waals surface area contributed by atoms with Gasteiger partial charge in [0, 0.05) is 5.56 Å². The maximum absolute atomic E-state index is 12.7. The van der Waals surface area contributed by atoms with Crippen LogP contribution in [0.1, 0.15) is 43.6 Å². The van der Waals surface area contributed by atoms with Gasteiger partial charge in [0.05, 0.1) is 30.1 Å². The Morgan fingerprint density at radius 2 is 1.70 bits per heavy atom. The Bertz CT molecular complexity index is 990. The van der Waals surface area contributed by atoms with Gasteiger partial charge in [0.15, 0.2) is 11.5 Å². The largest absolute Gasteiger partial charge is 0.497 e. The predicted octanol–water partition coefficient (Wildman–Crippen LogP) is 4.00. The van der Waals surface area contributed by atoms with Crippen LogP contribution in [0.25, 0.3) is 0 Å². The van der Waals surface area contributed by atoms with Gasteiger partial charge >= 0.3 is 0 Å². The van der Waals surface area contributed by atoms with Crippen LogP contribution in [-0.2, 0) is 4.79 Å². The van der Waals surface area contributed by atoms with E-state index >= 15 is 0 Å². The second-order valence-corrected chi connectivity index (χ2v) is 9.02. The maximum atomic E-state index is 12.7. The van der Waals surface area contributed by atoms with E-state index in [1.54, 1.807) is 44.6 Å². The molecule has 0 aliphatic heterocycles. The fraction of sp³-hybridized carbons (Fsp3) is 0.375. The van der Waals surface area contributed by atoms with Gasteiger partial charge in [-0.05, 0) is 84.3 Å². The van der Waals surface area contributed by atoms with E-state index in [1.807, 2.05) is 33.8 Å². The summed E-state index contributed by atoms with van der Waals surface area (Å²) >= 11 is 2.17. The molecule has 2 N–H and O–H groups in total. The molecular formula is C24H30IN3O5. The molecule has 0 aromatic heterocycles. The van der Waals surface area contributed by atoms with E-state index in [2.05, 4.69) is 38.4 Å². The molecule has 2 rings (SSSR count). The lowest BCUT2D eigenvalue weighted by Gasteiger charge is -2.20. The van der Waals surface area contributed by atoms with Crippen molar-refractivity contribution in [1.29, 1.82) is 0 Å². The number of methoxy groups -OCH3 is 2. The Hall–Kier alpha value is -2.82. The molecule has 0 saturated heterocycles. The predicted molar refractivity (Wildman–Crippen MR) is 136 cm³/mol. The van der Waals surface area contributed by atoms with E-state index in [0.29, 0.717) is 22.8 Å². The van der Waals surface area contributed by atoms with E-state index in [9.17, 15) is 9.59 Å². The number of benzene rings is 2. The van der Waals surface area contributed by atoms with Gasteiger partial charge in [-0.2, -0.15) is 5.10 Å². The smallest absolute Gasteiger partial charge is 0.262 e. The SMILES string of the molecule is COc1ccc(C(=O)NC(C(=O)NN=Cc2cc(I)c(OC(C)C)c(OC)c2)C(C)C)cc1. The average molecular weight is 567 g/mol. The number of nitrogens with one attached hydrogen (secondary N) is 2. The molecular weight excluding hydrogens is 537 g/mol. The molecule has 0 heterocycles. The standard InChI is InChI=1S/C24H30IN3O5/c1-14(2)21(27-23(29)17-7-9-18(31-5)10-8-17)24(30)28-26-13-16-11-19(25)22(33-15(3)4)20(12-16)32-6/h7-15,21H,1-6H3,(H,27,29)(H,28,30). The lowest BCUT2D eigenvalue weighted by molar-refractivity contribution is -0.123. The van der Waals surface area contributed by atoms with Crippen molar-refractivity contribution in [3.63, 3.8) is 0 Å². The van der Waals surface area contributed by atoms with Crippen LogP contribution in [-0.4, -0.2) is 44.4 Å². The summed E-state index contributed by atoms with van der Waals surface area (Å²) in [5, 5.41) is 6.83. The van der Waals surface area contributed by atoms with Crippen molar-refractivity contribution in [2.24, 2.45) is 11.0 Å². The minimum absolute atomic E-state index is 0.00677. The van der Waals surface area contributed by atoms with Gasteiger partial charge in [0.2, 0.25) is 0 Å². The van der Waals surface area contributed by atoms with Crippen molar-refractivity contribution in [2.45, 2.75) is 39.8 Å². The molecule has 0 fully saturated rings. The second-order valence-electron chi connectivity index (χ2n) is 7.86. The first-order valence-corrected chi connectivity index (χ1v) is 11.6. The molecule has 8 nitrogen and oxygen atoms in total. The van der Waals surface area contributed by atoms with Crippen molar-refractivity contribution < 1.29 is 23.8 Å². The molecule has 0 spiro atoms. The summed E-state index contributed by atoms with van der Waals surface area (Å²) in [6, 6.07) is 9.57. The minimum Gasteiger partial charge on any atom is -0.497 e. The number of rotatable bonds is 10. The second kappa shape index (κ2) is 12.4. The van der Waals surface area contributed by atoms with Crippen LogP contribution in [0.3, 0.4) is 0 Å². The zero-order chi connectivity index (χ0) is 24.5. The van der Waals surface area contributed by atoms with Gasteiger partial charge in [0.25, 0.3) is 11.8 Å². The summed E-state index contributed by atoms with van der Waals surface area (Å²) in [6.07, 6.45) is 1.53. The quantitative estimate of drug-likeness (QED) is 0.257. The highest BCUT2D eigenvalue weighted by atomic mass is 127. The minimum atomic E-state index is -0.756. The Morgan fingerprint density at radius 1 is 1.03 bits per heavy atom. The molecule has 178 valence electrons. The van der Waals surface area contributed by atoms with Gasteiger partial charge in [-0.15, -0.1) is 0 Å². The third-order valence-corrected chi connectivity index (χ3v) is 5.38. The molecule has 2 aromatic rings. The first-order chi connectivity index (χ1) is 15.7. The molecule has 2 aromatic carbocycles. The van der Waals surface area contributed by atoms with Crippen molar-refractivity contribution >= 4 is 40.6 Å². The van der Waals surface area contributed by atoms with Crippen LogP contribution in [0.4, 0.5) is 0 Å². The van der Waals surface area contributed by atoms with Crippen molar-refractivity contribution in [1.82, 2.24) is 10.7 Å². The molecule has 0 aliphatic carbocycles. The fourth-order valence-corrected chi connectivity index (χ4v) is 3.66. The molecule has 0 radical (unpaired) electrons.